The van der Waals surface area contributed by atoms with E-state index >= 15 is 0 Å². The Hall–Kier alpha value is -4.51. The molecule has 0 bridgehead atoms. The highest BCUT2D eigenvalue weighted by Crippen LogP contribution is 2.45. The van der Waals surface area contributed by atoms with E-state index in [0.717, 1.165) is 11.3 Å². The number of aliphatic hydroxyl groups excluding tert-OH is 1. The van der Waals surface area contributed by atoms with Gasteiger partial charge < -0.3 is 14.3 Å². The summed E-state index contributed by atoms with van der Waals surface area (Å²) in [6.45, 7) is 3.32. The van der Waals surface area contributed by atoms with Gasteiger partial charge >= 0.3 is 5.91 Å². The maximum atomic E-state index is 13.4. The summed E-state index contributed by atoms with van der Waals surface area (Å²) >= 11 is 1.16. The van der Waals surface area contributed by atoms with Crippen molar-refractivity contribution in [3.63, 3.8) is 0 Å². The van der Waals surface area contributed by atoms with Gasteiger partial charge in [0.25, 0.3) is 11.5 Å². The Balaban J connectivity index is 1.75. The number of carbonyl (C=O) groups is 2. The van der Waals surface area contributed by atoms with Crippen LogP contribution in [0.25, 0.3) is 16.0 Å². The average molecular weight is 506 g/mol. The molecule has 11 heteroatoms. The van der Waals surface area contributed by atoms with Gasteiger partial charge in [-0.15, -0.1) is 0 Å². The highest BCUT2D eigenvalue weighted by atomic mass is 32.1. The number of ketones is 1. The zero-order valence-corrected chi connectivity index (χ0v) is 20.2. The Labute approximate surface area is 208 Å². The standard InChI is InChI=1S/C25H19N3O7S/c1-12-9-17(13(2)35-12)22(29)20-21(14-5-4-6-15(10-14)28(32)33)27(24(31)23(20)30)25-26-18-8-7-16(34-3)11-19(18)36-25/h4-11,21,29H,1-3H3. The van der Waals surface area contributed by atoms with Crippen molar-refractivity contribution in [2.24, 2.45) is 0 Å². The van der Waals surface area contributed by atoms with Gasteiger partial charge in [0.2, 0.25) is 0 Å². The van der Waals surface area contributed by atoms with Gasteiger partial charge in [-0.05, 0) is 43.7 Å². The van der Waals surface area contributed by atoms with Crippen LogP contribution in [0.2, 0.25) is 0 Å². The number of furan rings is 1. The molecule has 2 aromatic carbocycles. The SMILES string of the molecule is COc1ccc2nc(N3C(=O)C(=O)C(=C(O)c4cc(C)oc4C)C3c3cccc([N+](=O)[O-])c3)sc2c1. The van der Waals surface area contributed by atoms with Gasteiger partial charge in [-0.3, -0.25) is 24.6 Å². The quantitative estimate of drug-likeness (QED) is 0.131. The first-order valence-corrected chi connectivity index (χ1v) is 11.6. The smallest absolute Gasteiger partial charge is 0.301 e. The molecule has 1 saturated heterocycles. The van der Waals surface area contributed by atoms with Crippen LogP contribution in [0.4, 0.5) is 10.8 Å². The van der Waals surface area contributed by atoms with Crippen LogP contribution in [0.15, 0.2) is 58.5 Å². The number of hydrogen-bond acceptors (Lipinski definition) is 9. The number of nitro groups is 1. The van der Waals surface area contributed by atoms with E-state index in [1.54, 1.807) is 44.2 Å². The lowest BCUT2D eigenvalue weighted by Crippen LogP contribution is -2.29. The largest absolute Gasteiger partial charge is 0.507 e. The number of rotatable bonds is 5. The molecule has 0 radical (unpaired) electrons. The fourth-order valence-corrected chi connectivity index (χ4v) is 5.31. The first kappa shape index (κ1) is 23.2. The zero-order chi connectivity index (χ0) is 25.7. The van der Waals surface area contributed by atoms with Crippen LogP contribution in [-0.4, -0.2) is 33.8 Å². The molecule has 1 aliphatic rings. The number of aryl methyl sites for hydroxylation is 2. The van der Waals surface area contributed by atoms with Crippen molar-refractivity contribution in [3.05, 3.63) is 86.9 Å². The number of nitrogens with zero attached hydrogens (tertiary/aromatic N) is 3. The van der Waals surface area contributed by atoms with Crippen LogP contribution in [-0.2, 0) is 9.59 Å². The fraction of sp³-hybridized carbons (Fsp3) is 0.160. The van der Waals surface area contributed by atoms with Crippen molar-refractivity contribution in [1.29, 1.82) is 0 Å². The number of methoxy groups -OCH3 is 1. The van der Waals surface area contributed by atoms with Crippen molar-refractivity contribution in [2.45, 2.75) is 19.9 Å². The molecule has 182 valence electrons. The normalized spacial score (nSPS) is 17.2. The molecule has 1 unspecified atom stereocenters. The second kappa shape index (κ2) is 8.61. The van der Waals surface area contributed by atoms with Crippen molar-refractivity contribution < 1.29 is 28.8 Å². The molecule has 2 aromatic heterocycles. The van der Waals surface area contributed by atoms with E-state index < -0.39 is 28.4 Å². The number of thiazole rings is 1. The second-order valence-corrected chi connectivity index (χ2v) is 9.19. The molecule has 1 fully saturated rings. The van der Waals surface area contributed by atoms with E-state index in [9.17, 15) is 24.8 Å². The summed E-state index contributed by atoms with van der Waals surface area (Å²) in [6.07, 6.45) is 0. The molecule has 0 spiro atoms. The van der Waals surface area contributed by atoms with Crippen LogP contribution >= 0.6 is 11.3 Å². The number of nitro benzene ring substituents is 1. The third-order valence-corrected chi connectivity index (χ3v) is 6.95. The number of ether oxygens (including phenoxy) is 1. The van der Waals surface area contributed by atoms with E-state index in [4.69, 9.17) is 9.15 Å². The fourth-order valence-electron chi connectivity index (χ4n) is 4.29. The van der Waals surface area contributed by atoms with Crippen molar-refractivity contribution in [2.75, 3.05) is 12.0 Å². The van der Waals surface area contributed by atoms with E-state index in [2.05, 4.69) is 4.98 Å². The maximum Gasteiger partial charge on any atom is 0.301 e. The summed E-state index contributed by atoms with van der Waals surface area (Å²) in [5.74, 6) is -0.794. The van der Waals surface area contributed by atoms with E-state index in [1.165, 1.54) is 30.2 Å². The number of fused-ring (bicyclic) bond motifs is 1. The van der Waals surface area contributed by atoms with Crippen molar-refractivity contribution in [3.8, 4) is 5.75 Å². The lowest BCUT2D eigenvalue weighted by atomic mass is 9.95. The number of hydrogen-bond donors (Lipinski definition) is 1. The summed E-state index contributed by atoms with van der Waals surface area (Å²) in [5.41, 5.74) is 0.690. The Morgan fingerprint density at radius 1 is 1.19 bits per heavy atom. The molecule has 1 aliphatic heterocycles. The summed E-state index contributed by atoms with van der Waals surface area (Å²) in [4.78, 5) is 43.3. The van der Waals surface area contributed by atoms with Crippen LogP contribution in [0, 0.1) is 24.0 Å². The Morgan fingerprint density at radius 3 is 2.64 bits per heavy atom. The van der Waals surface area contributed by atoms with Crippen LogP contribution < -0.4 is 9.64 Å². The third kappa shape index (κ3) is 3.69. The molecule has 5 rings (SSSR count). The number of aromatic nitrogens is 1. The topological polar surface area (TPSA) is 136 Å². The number of anilines is 1. The zero-order valence-electron chi connectivity index (χ0n) is 19.3. The number of aliphatic hydroxyl groups is 1. The molecule has 1 amide bonds. The second-order valence-electron chi connectivity index (χ2n) is 8.18. The third-order valence-electron chi connectivity index (χ3n) is 5.93. The van der Waals surface area contributed by atoms with E-state index in [0.29, 0.717) is 27.5 Å². The van der Waals surface area contributed by atoms with Gasteiger partial charge in [0, 0.05) is 12.1 Å². The molecule has 0 aliphatic carbocycles. The van der Waals surface area contributed by atoms with E-state index in [1.807, 2.05) is 0 Å². The highest BCUT2D eigenvalue weighted by Gasteiger charge is 2.48. The average Bonchev–Trinajstić information content (AvgIpc) is 3.51. The Morgan fingerprint density at radius 2 is 1.97 bits per heavy atom. The maximum absolute atomic E-state index is 13.4. The Kier molecular flexibility index (Phi) is 5.56. The molecule has 10 nitrogen and oxygen atoms in total. The summed E-state index contributed by atoms with van der Waals surface area (Å²) in [5, 5.41) is 22.9. The van der Waals surface area contributed by atoms with Gasteiger partial charge in [-0.25, -0.2) is 4.98 Å². The number of non-ortho nitro benzene ring substituents is 1. The number of carbonyl (C=O) groups excluding carboxylic acids is 2. The molecule has 3 heterocycles. The molecular weight excluding hydrogens is 486 g/mol. The molecule has 36 heavy (non-hydrogen) atoms. The molecule has 0 saturated carbocycles. The summed E-state index contributed by atoms with van der Waals surface area (Å²) in [7, 11) is 1.53. The Bertz CT molecular complexity index is 1600. The molecule has 1 atom stereocenters. The van der Waals surface area contributed by atoms with Crippen LogP contribution in [0.5, 0.6) is 5.75 Å². The minimum atomic E-state index is -1.15. The molecule has 1 N–H and O–H groups in total. The van der Waals surface area contributed by atoms with Crippen LogP contribution in [0.1, 0.15) is 28.7 Å². The first-order valence-electron chi connectivity index (χ1n) is 10.8. The predicted molar refractivity (Wildman–Crippen MR) is 132 cm³/mol. The molecular formula is C25H19N3O7S. The van der Waals surface area contributed by atoms with Gasteiger partial charge in [-0.2, -0.15) is 0 Å². The number of amides is 1. The molecule has 4 aromatic rings. The lowest BCUT2D eigenvalue weighted by molar-refractivity contribution is -0.384. The number of benzene rings is 2. The van der Waals surface area contributed by atoms with Gasteiger partial charge in [0.1, 0.15) is 23.0 Å². The summed E-state index contributed by atoms with van der Waals surface area (Å²) < 4.78 is 11.5. The highest BCUT2D eigenvalue weighted by molar-refractivity contribution is 7.22. The number of Topliss-reactive ketones (excluding diaryl/α,β-unsaturated/α-hetero) is 1. The van der Waals surface area contributed by atoms with E-state index in [-0.39, 0.29) is 27.5 Å². The lowest BCUT2D eigenvalue weighted by Gasteiger charge is -2.22. The van der Waals surface area contributed by atoms with Crippen LogP contribution in [0.3, 0.4) is 0 Å². The minimum absolute atomic E-state index is 0.205. The van der Waals surface area contributed by atoms with Gasteiger partial charge in [0.05, 0.1) is 39.4 Å². The van der Waals surface area contributed by atoms with Gasteiger partial charge in [0.15, 0.2) is 5.13 Å². The van der Waals surface area contributed by atoms with Crippen molar-refractivity contribution >= 4 is 49.8 Å². The first-order chi connectivity index (χ1) is 17.2. The monoisotopic (exact) mass is 505 g/mol. The van der Waals surface area contributed by atoms with Crippen molar-refractivity contribution in [1.82, 2.24) is 4.98 Å². The summed E-state index contributed by atoms with van der Waals surface area (Å²) in [6, 6.07) is 11.2. The minimum Gasteiger partial charge on any atom is -0.507 e. The predicted octanol–water partition coefficient (Wildman–Crippen LogP) is 5.05. The van der Waals surface area contributed by atoms with Gasteiger partial charge in [-0.1, -0.05) is 23.5 Å².